The molecule has 6 N–H and O–H groups in total. The van der Waals surface area contributed by atoms with Crippen LogP contribution in [0.15, 0.2) is 53.9 Å². The molecule has 1 aliphatic rings. The number of piperidine rings is 1. The second-order valence-corrected chi connectivity index (χ2v) is 10.0. The van der Waals surface area contributed by atoms with Gasteiger partial charge in [-0.1, -0.05) is 64.0 Å². The number of rotatable bonds is 9. The minimum Gasteiger partial charge on any atom is -0.393 e. The number of carbonyl (C=O) groups is 3. The molecule has 1 aliphatic heterocycles. The number of nitrogens with one attached hydrogen (secondary N) is 4. The van der Waals surface area contributed by atoms with E-state index in [9.17, 15) is 14.4 Å². The van der Waals surface area contributed by atoms with Gasteiger partial charge in [-0.2, -0.15) is 0 Å². The summed E-state index contributed by atoms with van der Waals surface area (Å²) in [6.45, 7) is 2.25. The zero-order valence-electron chi connectivity index (χ0n) is 19.8. The highest BCUT2D eigenvalue weighted by molar-refractivity contribution is 14.1. The molecule has 37 heavy (non-hydrogen) atoms. The van der Waals surface area contributed by atoms with Crippen LogP contribution >= 0.6 is 45.8 Å². The summed E-state index contributed by atoms with van der Waals surface area (Å²) >= 11 is 14.2. The minimum atomic E-state index is -0.670. The minimum absolute atomic E-state index is 0.0312. The topological polar surface area (TPSA) is 140 Å². The van der Waals surface area contributed by atoms with Crippen molar-refractivity contribution in [2.24, 2.45) is 5.73 Å². The molecule has 9 nitrogen and oxygen atoms in total. The van der Waals surface area contributed by atoms with Crippen LogP contribution in [0.3, 0.4) is 0 Å². The lowest BCUT2D eigenvalue weighted by Gasteiger charge is -2.32. The third-order valence-corrected chi connectivity index (χ3v) is 7.10. The van der Waals surface area contributed by atoms with E-state index in [4.69, 9.17) is 34.3 Å². The first-order chi connectivity index (χ1) is 17.7. The van der Waals surface area contributed by atoms with Gasteiger partial charge in [-0.25, -0.2) is 0 Å². The number of hydrogen-bond acceptors (Lipinski definition) is 6. The van der Waals surface area contributed by atoms with Gasteiger partial charge in [-0.3, -0.25) is 19.3 Å². The Morgan fingerprint density at radius 2 is 1.76 bits per heavy atom. The first-order valence-electron chi connectivity index (χ1n) is 11.4. The third-order valence-electron chi connectivity index (χ3n) is 5.78. The van der Waals surface area contributed by atoms with Crippen molar-refractivity contribution in [3.05, 3.63) is 75.0 Å². The largest absolute Gasteiger partial charge is 0.393 e. The van der Waals surface area contributed by atoms with E-state index in [0.29, 0.717) is 17.3 Å². The molecule has 0 radical (unpaired) electrons. The van der Waals surface area contributed by atoms with E-state index in [1.54, 1.807) is 6.07 Å². The van der Waals surface area contributed by atoms with Crippen LogP contribution in [-0.4, -0.2) is 52.4 Å². The van der Waals surface area contributed by atoms with Gasteiger partial charge < -0.3 is 27.1 Å². The smallest absolute Gasteiger partial charge is 0.269 e. The van der Waals surface area contributed by atoms with Gasteiger partial charge in [0.2, 0.25) is 5.91 Å². The summed E-state index contributed by atoms with van der Waals surface area (Å²) in [7, 11) is 0. The van der Waals surface area contributed by atoms with Gasteiger partial charge in [0.25, 0.3) is 11.8 Å². The Morgan fingerprint density at radius 1 is 1.11 bits per heavy atom. The number of nitrogens with zero attached hydrogens (tertiary/aromatic N) is 1. The van der Waals surface area contributed by atoms with Crippen LogP contribution < -0.4 is 21.7 Å². The van der Waals surface area contributed by atoms with Crippen LogP contribution in [0.2, 0.25) is 10.0 Å². The summed E-state index contributed by atoms with van der Waals surface area (Å²) in [6, 6.07) is 12.3. The van der Waals surface area contributed by atoms with Crippen molar-refractivity contribution in [1.29, 1.82) is 5.41 Å². The van der Waals surface area contributed by atoms with Crippen molar-refractivity contribution in [2.45, 2.75) is 25.4 Å². The van der Waals surface area contributed by atoms with E-state index in [-0.39, 0.29) is 39.0 Å². The number of alkyl halides is 1. The Kier molecular flexibility index (Phi) is 10.7. The molecule has 12 heteroatoms. The van der Waals surface area contributed by atoms with Gasteiger partial charge in [-0.15, -0.1) is 0 Å². The number of carbonyl (C=O) groups excluding carboxylic acids is 3. The molecule has 3 rings (SSSR count). The molecular weight excluding hydrogens is 630 g/mol. The number of amides is 3. The highest BCUT2D eigenvalue weighted by Crippen LogP contribution is 2.24. The van der Waals surface area contributed by atoms with E-state index >= 15 is 0 Å². The SMILES string of the molecule is N=C/C(NC(=O)c1c(Cl)cccc1Cl)=C(\N)C(=O)NC1CCN(Cc2cccc(NC(=O)CI)c2)CC1. The second kappa shape index (κ2) is 13.8. The predicted molar refractivity (Wildman–Crippen MR) is 154 cm³/mol. The van der Waals surface area contributed by atoms with Crippen LogP contribution in [0.5, 0.6) is 0 Å². The highest BCUT2D eigenvalue weighted by Gasteiger charge is 2.23. The predicted octanol–water partition coefficient (Wildman–Crippen LogP) is 3.70. The maximum atomic E-state index is 12.7. The Labute approximate surface area is 238 Å². The quantitative estimate of drug-likeness (QED) is 0.121. The normalized spacial score (nSPS) is 14.9. The highest BCUT2D eigenvalue weighted by atomic mass is 127. The number of benzene rings is 2. The Morgan fingerprint density at radius 3 is 2.38 bits per heavy atom. The molecular formula is C25H27Cl2IN6O3. The summed E-state index contributed by atoms with van der Waals surface area (Å²) in [5.41, 5.74) is 7.44. The third kappa shape index (κ3) is 8.16. The van der Waals surface area contributed by atoms with Crippen molar-refractivity contribution in [3.63, 3.8) is 0 Å². The molecule has 2 aromatic carbocycles. The maximum absolute atomic E-state index is 12.7. The van der Waals surface area contributed by atoms with Crippen molar-refractivity contribution < 1.29 is 14.4 Å². The number of hydrogen-bond donors (Lipinski definition) is 5. The second-order valence-electron chi connectivity index (χ2n) is 8.43. The van der Waals surface area contributed by atoms with E-state index < -0.39 is 11.8 Å². The molecule has 0 bridgehead atoms. The molecule has 0 atom stereocenters. The van der Waals surface area contributed by atoms with E-state index in [1.807, 2.05) is 46.9 Å². The lowest BCUT2D eigenvalue weighted by atomic mass is 10.0. The molecule has 0 spiro atoms. The fraction of sp³-hybridized carbons (Fsp3) is 0.280. The van der Waals surface area contributed by atoms with Gasteiger partial charge in [0.15, 0.2) is 0 Å². The standard InChI is InChI=1S/C25H27Cl2IN6O3/c26-18-5-2-6-19(27)22(18)24(36)33-20(13-29)23(30)25(37)32-16-7-9-34(10-8-16)14-15-3-1-4-17(11-15)31-21(35)12-28/h1-6,11,13,16,29H,7-10,12,14,30H2,(H,31,35)(H,32,37)(H,33,36)/b23-20+,29-13?. The summed E-state index contributed by atoms with van der Waals surface area (Å²) in [5, 5.41) is 16.1. The molecule has 3 amide bonds. The van der Waals surface area contributed by atoms with Crippen LogP contribution in [0.4, 0.5) is 5.69 Å². The van der Waals surface area contributed by atoms with Gasteiger partial charge in [-0.05, 0) is 42.7 Å². The summed E-state index contributed by atoms with van der Waals surface area (Å²) < 4.78 is 0.393. The first kappa shape index (κ1) is 28.9. The Hall–Kier alpha value is -2.67. The molecule has 0 saturated carbocycles. The molecule has 1 heterocycles. The molecule has 2 aromatic rings. The van der Waals surface area contributed by atoms with Gasteiger partial charge in [0.1, 0.15) is 5.70 Å². The van der Waals surface area contributed by atoms with Crippen LogP contribution in [0.25, 0.3) is 0 Å². The molecule has 1 fully saturated rings. The number of likely N-dealkylation sites (tertiary alicyclic amines) is 1. The summed E-state index contributed by atoms with van der Waals surface area (Å²) in [4.78, 5) is 39.3. The van der Waals surface area contributed by atoms with Crippen molar-refractivity contribution in [2.75, 3.05) is 22.8 Å². The van der Waals surface area contributed by atoms with Crippen molar-refractivity contribution >= 4 is 75.4 Å². The molecule has 0 aliphatic carbocycles. The lowest BCUT2D eigenvalue weighted by Crippen LogP contribution is -2.46. The summed E-state index contributed by atoms with van der Waals surface area (Å²) in [6.07, 6.45) is 2.23. The van der Waals surface area contributed by atoms with E-state index in [0.717, 1.165) is 37.1 Å². The molecule has 0 unspecified atom stereocenters. The number of halogens is 3. The first-order valence-corrected chi connectivity index (χ1v) is 13.7. The fourth-order valence-electron chi connectivity index (χ4n) is 3.90. The van der Waals surface area contributed by atoms with Gasteiger partial charge in [0.05, 0.1) is 25.7 Å². The van der Waals surface area contributed by atoms with Gasteiger partial charge >= 0.3 is 0 Å². The maximum Gasteiger partial charge on any atom is 0.269 e. The fourth-order valence-corrected chi connectivity index (χ4v) is 4.66. The van der Waals surface area contributed by atoms with Crippen molar-refractivity contribution in [3.8, 4) is 0 Å². The van der Waals surface area contributed by atoms with E-state index in [2.05, 4.69) is 20.9 Å². The monoisotopic (exact) mass is 656 g/mol. The van der Waals surface area contributed by atoms with Crippen molar-refractivity contribution in [1.82, 2.24) is 15.5 Å². The van der Waals surface area contributed by atoms with E-state index in [1.165, 1.54) is 12.1 Å². The molecule has 196 valence electrons. The zero-order chi connectivity index (χ0) is 26.9. The number of allylic oxidation sites excluding steroid dienone is 1. The number of nitrogens with two attached hydrogens (primary N) is 1. The molecule has 1 saturated heterocycles. The Bertz CT molecular complexity index is 1190. The average Bonchev–Trinajstić information content (AvgIpc) is 2.88. The van der Waals surface area contributed by atoms with Gasteiger partial charge in [0, 0.05) is 37.6 Å². The van der Waals surface area contributed by atoms with Crippen LogP contribution in [0, 0.1) is 5.41 Å². The Balaban J connectivity index is 1.54. The lowest BCUT2D eigenvalue weighted by molar-refractivity contribution is -0.118. The summed E-state index contributed by atoms with van der Waals surface area (Å²) in [5.74, 6) is -1.28. The zero-order valence-corrected chi connectivity index (χ0v) is 23.5. The van der Waals surface area contributed by atoms with Crippen LogP contribution in [0.1, 0.15) is 28.8 Å². The number of anilines is 1. The average molecular weight is 657 g/mol. The van der Waals surface area contributed by atoms with Crippen LogP contribution in [-0.2, 0) is 16.1 Å². The molecule has 0 aromatic heterocycles.